The summed E-state index contributed by atoms with van der Waals surface area (Å²) in [6.45, 7) is 34.9. The molecule has 0 unspecified atom stereocenters. The minimum Gasteiger partial charge on any atom is -0.629 e. The van der Waals surface area contributed by atoms with Gasteiger partial charge < -0.3 is 46.1 Å². The normalized spacial score (nSPS) is 21.1. The maximum absolute atomic E-state index is 7.78. The summed E-state index contributed by atoms with van der Waals surface area (Å²) in [5, 5.41) is 0. The lowest BCUT2D eigenvalue weighted by Gasteiger charge is -2.43. The van der Waals surface area contributed by atoms with Gasteiger partial charge in [-0.05, 0) is 153 Å². The topological polar surface area (TPSA) is 73.6 Å². The van der Waals surface area contributed by atoms with E-state index < -0.39 is 20.1 Å². The van der Waals surface area contributed by atoms with Crippen LogP contribution in [0.15, 0.2) is 109 Å². The molecule has 10 nitrogen and oxygen atoms in total. The van der Waals surface area contributed by atoms with Gasteiger partial charge in [0.25, 0.3) is 0 Å². The Morgan fingerprint density at radius 1 is 0.349 bits per heavy atom. The minimum atomic E-state index is -2.59. The fourth-order valence-electron chi connectivity index (χ4n) is 12.6. The molecule has 3 atom stereocenters. The smallest absolute Gasteiger partial charge is 0.629 e. The molecular weight excluding hydrogens is 1030 g/mol. The lowest BCUT2D eigenvalue weighted by Crippen LogP contribution is -2.66. The highest BCUT2D eigenvalue weighted by atomic mass is 16.6. The third kappa shape index (κ3) is 10.6. The molecule has 0 amide bonds. The van der Waals surface area contributed by atoms with E-state index in [0.717, 1.165) is 97.3 Å². The zero-order valence-electron chi connectivity index (χ0n) is 53.9. The lowest BCUT2D eigenvalue weighted by molar-refractivity contribution is -0.335. The van der Waals surface area contributed by atoms with Crippen LogP contribution in [0.25, 0.3) is 0 Å². The summed E-state index contributed by atoms with van der Waals surface area (Å²) in [4.78, 5) is 0. The molecular formula is C70H92B3N3O7. The molecule has 438 valence electrons. The van der Waals surface area contributed by atoms with E-state index in [1.54, 1.807) is 21.3 Å². The molecule has 0 radical (unpaired) electrons. The van der Waals surface area contributed by atoms with Crippen molar-refractivity contribution in [3.63, 3.8) is 0 Å². The van der Waals surface area contributed by atoms with E-state index in [9.17, 15) is 0 Å². The molecule has 6 aromatic rings. The zero-order valence-corrected chi connectivity index (χ0v) is 53.9. The first-order valence-corrected chi connectivity index (χ1v) is 30.2. The minimum absolute atomic E-state index is 0.143. The quantitative estimate of drug-likeness (QED) is 0.163. The predicted molar refractivity (Wildman–Crippen MR) is 345 cm³/mol. The average Bonchev–Trinajstić information content (AvgIpc) is 1.45. The van der Waals surface area contributed by atoms with Crippen LogP contribution < -0.4 is 30.4 Å². The third-order valence-electron chi connectivity index (χ3n) is 17.7. The molecule has 83 heavy (non-hydrogen) atoms. The van der Waals surface area contributed by atoms with Gasteiger partial charge in [-0.3, -0.25) is 0 Å². The zero-order chi connectivity index (χ0) is 60.3. The van der Waals surface area contributed by atoms with Crippen molar-refractivity contribution in [2.45, 2.75) is 170 Å². The monoisotopic (exact) mass is 1120 g/mol. The Labute approximate surface area is 496 Å². The summed E-state index contributed by atoms with van der Waals surface area (Å²) in [6.07, 6.45) is 9.25. The summed E-state index contributed by atoms with van der Waals surface area (Å²) in [7, 11) is 5.29. The van der Waals surface area contributed by atoms with E-state index in [4.69, 9.17) is 32.7 Å². The Morgan fingerprint density at radius 2 is 0.614 bits per heavy atom. The van der Waals surface area contributed by atoms with Gasteiger partial charge in [-0.2, -0.15) is 0 Å². The summed E-state index contributed by atoms with van der Waals surface area (Å²) >= 11 is 0. The van der Waals surface area contributed by atoms with E-state index in [1.165, 1.54) is 29.5 Å². The number of hydrogen-bond acceptors (Lipinski definition) is 7. The lowest BCUT2D eigenvalue weighted by atomic mass is 9.59. The molecule has 1 saturated heterocycles. The highest BCUT2D eigenvalue weighted by molar-refractivity contribution is 6.78. The van der Waals surface area contributed by atoms with Crippen molar-refractivity contribution < 1.29 is 46.1 Å². The van der Waals surface area contributed by atoms with Crippen LogP contribution in [0, 0.1) is 0 Å². The van der Waals surface area contributed by atoms with Crippen molar-refractivity contribution in [3.05, 3.63) is 159 Å². The second kappa shape index (κ2) is 20.8. The molecule has 0 N–H and O–H groups in total. The van der Waals surface area contributed by atoms with E-state index in [1.807, 2.05) is 0 Å². The molecule has 0 saturated carbocycles. The molecule has 5 aliphatic rings. The van der Waals surface area contributed by atoms with Crippen LogP contribution in [0.4, 0.5) is 17.1 Å². The average molecular weight is 1120 g/mol. The van der Waals surface area contributed by atoms with Crippen molar-refractivity contribution >= 4 is 72.2 Å². The van der Waals surface area contributed by atoms with Gasteiger partial charge in [-0.1, -0.05) is 179 Å². The Hall–Kier alpha value is -6.24. The van der Waals surface area contributed by atoms with Gasteiger partial charge in [0, 0.05) is 31.4 Å². The molecule has 0 aromatic heterocycles. The maximum atomic E-state index is 7.78. The van der Waals surface area contributed by atoms with Gasteiger partial charge in [0.05, 0.1) is 33.9 Å². The van der Waals surface area contributed by atoms with Crippen molar-refractivity contribution in [2.24, 2.45) is 0 Å². The van der Waals surface area contributed by atoms with E-state index in [-0.39, 0.29) is 32.5 Å². The summed E-state index contributed by atoms with van der Waals surface area (Å²) < 4.78 is 56.1. The Kier molecular flexibility index (Phi) is 15.0. The standard InChI is InChI=1S/C66H84B3N3O6.C4H8O/c1-61(2,3)46-31-43-40-70-52-28-22-26-50(37-52)68(74-20)72(42-45-33-48(63(7,8)9)35-56(59(45)77-68)65(13,14)15)54-30-24-27-51(39-54)69(75-21)71(41-44-32-47(62(4,5)6)36-57(60(44)78-69)66(16,17)18)53-29-23-25-49(38-53)67(70,73-19)76-58(43)55(34-46)64(10,11)12;1-2-4-5-3-1/h22-42H,1-21H3;1-4H2/t67-,68-,69-;/m1./s1. The molecule has 6 bridgehead atoms. The fraction of sp³-hybridized carbons (Fsp3) is 0.443. The maximum Gasteiger partial charge on any atom is 0.630 e. The largest absolute Gasteiger partial charge is 0.630 e. The van der Waals surface area contributed by atoms with Gasteiger partial charge >= 0.3 is 20.1 Å². The van der Waals surface area contributed by atoms with Crippen molar-refractivity contribution in [3.8, 4) is 17.2 Å². The molecule has 5 heterocycles. The molecule has 5 aliphatic heterocycles. The highest BCUT2D eigenvalue weighted by Crippen LogP contribution is 2.46. The first-order valence-electron chi connectivity index (χ1n) is 30.2. The summed E-state index contributed by atoms with van der Waals surface area (Å²) in [5.74, 6) is 2.38. The van der Waals surface area contributed by atoms with E-state index in [0.29, 0.717) is 0 Å². The molecule has 11 rings (SSSR count). The number of benzene rings is 6. The van der Waals surface area contributed by atoms with Crippen LogP contribution in [0.1, 0.15) is 188 Å². The summed E-state index contributed by atoms with van der Waals surface area (Å²) in [6, 6.07) is 39.5. The molecule has 0 spiro atoms. The second-order valence-corrected chi connectivity index (χ2v) is 30.1. The van der Waals surface area contributed by atoms with Crippen LogP contribution in [-0.4, -0.2) is 86.7 Å². The van der Waals surface area contributed by atoms with Crippen LogP contribution >= 0.6 is 0 Å². The van der Waals surface area contributed by atoms with Gasteiger partial charge in [-0.25, -0.2) is 0 Å². The highest BCUT2D eigenvalue weighted by Gasteiger charge is 2.57. The molecule has 6 aromatic carbocycles. The third-order valence-corrected chi connectivity index (χ3v) is 17.7. The Balaban J connectivity index is 0.00000146. The first kappa shape index (κ1) is 59.9. The number of hydrogen-bond donors (Lipinski definition) is 0. The predicted octanol–water partition coefficient (Wildman–Crippen LogP) is 13.5. The number of rotatable bonds is 3. The summed E-state index contributed by atoms with van der Waals surface area (Å²) in [5.41, 5.74) is 13.5. The van der Waals surface area contributed by atoms with Crippen molar-refractivity contribution in [2.75, 3.05) is 34.5 Å². The first-order chi connectivity index (χ1) is 38.7. The molecule has 0 aliphatic carbocycles. The SMILES string of the molecule is C1CCOC1.CO[B@-]12Oc3c(cc(C(C)(C)C)cc3C(C)(C)C)C=[N+]1c1cccc(c1)[B@@-]1(OC)Oc3c(cc(C(C)(C)C)cc3C(C)(C)C)C=[N+]1c1cccc(c1)[B@@-]1(OC)Oc3c(cc(C(C)(C)C)cc3C(C)(C)C)C=[N+]1c1cccc2c1. The van der Waals surface area contributed by atoms with Crippen LogP contribution in [0.5, 0.6) is 17.2 Å². The molecule has 13 heteroatoms. The number of nitrogens with zero attached hydrogens (tertiary/aromatic N) is 3. The fourth-order valence-corrected chi connectivity index (χ4v) is 12.6. The van der Waals surface area contributed by atoms with Gasteiger partial charge in [0.2, 0.25) is 0 Å². The molecule has 1 fully saturated rings. The van der Waals surface area contributed by atoms with E-state index in [2.05, 4.69) is 266 Å². The number of fused-ring (bicyclic) bond motifs is 18. The van der Waals surface area contributed by atoms with Crippen LogP contribution in [-0.2, 0) is 51.2 Å². The van der Waals surface area contributed by atoms with E-state index >= 15 is 0 Å². The second-order valence-electron chi connectivity index (χ2n) is 30.1. The number of ether oxygens (including phenoxy) is 1. The van der Waals surface area contributed by atoms with Crippen LogP contribution in [0.2, 0.25) is 0 Å². The van der Waals surface area contributed by atoms with Crippen LogP contribution in [0.3, 0.4) is 0 Å². The Morgan fingerprint density at radius 3 is 0.819 bits per heavy atom. The Bertz CT molecular complexity index is 3260. The van der Waals surface area contributed by atoms with Gasteiger partial charge in [0.15, 0.2) is 17.1 Å². The van der Waals surface area contributed by atoms with Crippen molar-refractivity contribution in [1.82, 2.24) is 0 Å². The van der Waals surface area contributed by atoms with Gasteiger partial charge in [-0.15, -0.1) is 0 Å². The van der Waals surface area contributed by atoms with Crippen molar-refractivity contribution in [1.29, 1.82) is 0 Å². The van der Waals surface area contributed by atoms with Gasteiger partial charge in [0.1, 0.15) is 18.6 Å².